The number of ether oxygens (including phenoxy) is 2. The number of hydrogen-bond acceptors (Lipinski definition) is 9. The topological polar surface area (TPSA) is 124 Å². The molecule has 0 amide bonds. The highest BCUT2D eigenvalue weighted by molar-refractivity contribution is 5.64. The summed E-state index contributed by atoms with van der Waals surface area (Å²) >= 11 is 0. The molecular formula is C24H35N7O2. The third kappa shape index (κ3) is 6.47. The average molecular weight is 454 g/mol. The van der Waals surface area contributed by atoms with E-state index in [0.29, 0.717) is 48.0 Å². The predicted molar refractivity (Wildman–Crippen MR) is 128 cm³/mol. The minimum absolute atomic E-state index is 0.275. The second kappa shape index (κ2) is 10.7. The summed E-state index contributed by atoms with van der Waals surface area (Å²) in [6, 6.07) is 5.59. The van der Waals surface area contributed by atoms with Crippen LogP contribution in [-0.2, 0) is 0 Å². The summed E-state index contributed by atoms with van der Waals surface area (Å²) in [5.74, 6) is 8.58. The summed E-state index contributed by atoms with van der Waals surface area (Å²) in [6.45, 7) is 2.98. The third-order valence-corrected chi connectivity index (χ3v) is 6.10. The highest BCUT2D eigenvalue weighted by atomic mass is 16.5. The van der Waals surface area contributed by atoms with Crippen LogP contribution in [0.3, 0.4) is 0 Å². The summed E-state index contributed by atoms with van der Waals surface area (Å²) in [7, 11) is 1.74. The zero-order valence-corrected chi connectivity index (χ0v) is 19.6. The van der Waals surface area contributed by atoms with Crippen LogP contribution >= 0.6 is 0 Å². The highest BCUT2D eigenvalue weighted by Gasteiger charge is 2.22. The molecule has 2 aromatic heterocycles. The summed E-state index contributed by atoms with van der Waals surface area (Å²) in [4.78, 5) is 13.4. The summed E-state index contributed by atoms with van der Waals surface area (Å²) in [6.07, 6.45) is 10.4. The molecule has 0 saturated heterocycles. The number of likely N-dealkylation sites (N-methyl/N-ethyl adjacent to an activating group) is 1. The van der Waals surface area contributed by atoms with Crippen molar-refractivity contribution in [3.05, 3.63) is 41.5 Å². The lowest BCUT2D eigenvalue weighted by atomic mass is 9.98. The van der Waals surface area contributed by atoms with Crippen LogP contribution in [0.15, 0.2) is 30.1 Å². The molecule has 0 aromatic carbocycles. The normalized spacial score (nSPS) is 17.3. The van der Waals surface area contributed by atoms with Gasteiger partial charge in [0.15, 0.2) is 0 Å². The second-order valence-electron chi connectivity index (χ2n) is 8.96. The number of nitrogens with zero attached hydrogens (tertiary/aromatic N) is 4. The number of aromatic nitrogens is 3. The number of anilines is 1. The molecule has 9 heteroatoms. The van der Waals surface area contributed by atoms with Gasteiger partial charge in [0.1, 0.15) is 5.75 Å². The summed E-state index contributed by atoms with van der Waals surface area (Å²) in [5, 5.41) is 4.67. The van der Waals surface area contributed by atoms with E-state index in [0.717, 1.165) is 24.3 Å². The number of pyridine rings is 1. The summed E-state index contributed by atoms with van der Waals surface area (Å²) < 4.78 is 11.9. The van der Waals surface area contributed by atoms with Crippen LogP contribution < -0.4 is 26.4 Å². The Hall–Kier alpha value is -3.07. The fourth-order valence-electron chi connectivity index (χ4n) is 3.90. The molecule has 5 N–H and O–H groups in total. The van der Waals surface area contributed by atoms with Gasteiger partial charge in [-0.15, -0.1) is 0 Å². The Morgan fingerprint density at radius 3 is 2.61 bits per heavy atom. The van der Waals surface area contributed by atoms with E-state index in [-0.39, 0.29) is 6.10 Å². The van der Waals surface area contributed by atoms with Gasteiger partial charge in [0.2, 0.25) is 11.8 Å². The van der Waals surface area contributed by atoms with Crippen LogP contribution in [0, 0.1) is 12.8 Å². The summed E-state index contributed by atoms with van der Waals surface area (Å²) in [5.41, 5.74) is 9.11. The van der Waals surface area contributed by atoms with Crippen molar-refractivity contribution in [2.75, 3.05) is 25.5 Å². The van der Waals surface area contributed by atoms with Crippen LogP contribution in [0.4, 0.5) is 5.95 Å². The van der Waals surface area contributed by atoms with E-state index in [2.05, 4.69) is 20.3 Å². The van der Waals surface area contributed by atoms with Gasteiger partial charge in [-0.1, -0.05) is 6.42 Å². The van der Waals surface area contributed by atoms with Gasteiger partial charge in [-0.05, 0) is 63.5 Å². The van der Waals surface area contributed by atoms with Crippen molar-refractivity contribution in [3.63, 3.8) is 0 Å². The van der Waals surface area contributed by atoms with Gasteiger partial charge in [-0.2, -0.15) is 4.98 Å². The molecule has 4 rings (SSSR count). The van der Waals surface area contributed by atoms with Crippen LogP contribution in [0.1, 0.15) is 56.3 Å². The van der Waals surface area contributed by atoms with Crippen LogP contribution in [0.25, 0.3) is 5.70 Å². The van der Waals surface area contributed by atoms with Crippen molar-refractivity contribution in [1.82, 2.24) is 20.0 Å². The lowest BCUT2D eigenvalue weighted by Gasteiger charge is -2.24. The molecule has 178 valence electrons. The van der Waals surface area contributed by atoms with Gasteiger partial charge < -0.3 is 25.5 Å². The maximum absolute atomic E-state index is 6.47. The molecule has 2 aromatic rings. The second-order valence-corrected chi connectivity index (χ2v) is 8.96. The first kappa shape index (κ1) is 23.1. The van der Waals surface area contributed by atoms with Crippen molar-refractivity contribution >= 4 is 11.6 Å². The Labute approximate surface area is 195 Å². The van der Waals surface area contributed by atoms with Crippen molar-refractivity contribution < 1.29 is 9.47 Å². The molecule has 0 radical (unpaired) electrons. The molecule has 2 aliphatic carbocycles. The Morgan fingerprint density at radius 2 is 1.91 bits per heavy atom. The largest absolute Gasteiger partial charge is 0.489 e. The lowest BCUT2D eigenvalue weighted by molar-refractivity contribution is 0.153. The van der Waals surface area contributed by atoms with Gasteiger partial charge in [0.05, 0.1) is 42.0 Å². The molecule has 2 heterocycles. The van der Waals surface area contributed by atoms with Crippen LogP contribution in [0.2, 0.25) is 0 Å². The number of hydrogen-bond donors (Lipinski definition) is 3. The molecule has 0 aliphatic heterocycles. The SMILES string of the molecule is Cc1nc(/C(N)=C(\CNc2nccc(OCC3CC3)n2)N(C)N)ccc1OC1CCCCC1. The Balaban J connectivity index is 1.43. The molecule has 2 fully saturated rings. The molecular weight excluding hydrogens is 418 g/mol. The molecule has 33 heavy (non-hydrogen) atoms. The van der Waals surface area contributed by atoms with Crippen molar-refractivity contribution in [1.29, 1.82) is 0 Å². The number of rotatable bonds is 10. The first-order valence-corrected chi connectivity index (χ1v) is 11.8. The highest BCUT2D eigenvalue weighted by Crippen LogP contribution is 2.29. The van der Waals surface area contributed by atoms with Crippen molar-refractivity contribution in [3.8, 4) is 11.6 Å². The average Bonchev–Trinajstić information content (AvgIpc) is 3.64. The Kier molecular flexibility index (Phi) is 7.49. The van der Waals surface area contributed by atoms with Crippen molar-refractivity contribution in [2.24, 2.45) is 17.5 Å². The lowest BCUT2D eigenvalue weighted by Crippen LogP contribution is -2.32. The van der Waals surface area contributed by atoms with E-state index in [1.807, 2.05) is 19.1 Å². The molecule has 0 spiro atoms. The van der Waals surface area contributed by atoms with Gasteiger partial charge in [-0.25, -0.2) is 15.8 Å². The standard InChI is InChI=1S/C24H35N7O2/c1-16-21(33-18-6-4-3-5-7-18)11-10-19(29-16)23(25)20(31(2)26)14-28-24-27-13-12-22(30-24)32-15-17-8-9-17/h10-13,17-18H,3-9,14-15,25-26H2,1-2H3,(H,27,28,30)/b23-20-. The smallest absolute Gasteiger partial charge is 0.226 e. The molecule has 2 aliphatic rings. The van der Waals surface area contributed by atoms with Crippen LogP contribution in [-0.4, -0.2) is 46.3 Å². The molecule has 2 saturated carbocycles. The fraction of sp³-hybridized carbons (Fsp3) is 0.542. The van der Waals surface area contributed by atoms with Crippen molar-refractivity contribution in [2.45, 2.75) is 58.0 Å². The van der Waals surface area contributed by atoms with E-state index in [9.17, 15) is 0 Å². The van der Waals surface area contributed by atoms with Gasteiger partial charge in [0.25, 0.3) is 0 Å². The molecule has 9 nitrogen and oxygen atoms in total. The zero-order valence-electron chi connectivity index (χ0n) is 19.6. The van der Waals surface area contributed by atoms with Crippen LogP contribution in [0.5, 0.6) is 11.6 Å². The minimum atomic E-state index is 0.275. The third-order valence-electron chi connectivity index (χ3n) is 6.10. The molecule has 0 bridgehead atoms. The Bertz CT molecular complexity index is 969. The monoisotopic (exact) mass is 453 g/mol. The predicted octanol–water partition coefficient (Wildman–Crippen LogP) is 3.23. The zero-order chi connectivity index (χ0) is 23.2. The van der Waals surface area contributed by atoms with E-state index in [4.69, 9.17) is 21.1 Å². The Morgan fingerprint density at radius 1 is 1.12 bits per heavy atom. The molecule has 0 atom stereocenters. The van der Waals surface area contributed by atoms with E-state index in [1.165, 1.54) is 37.1 Å². The van der Waals surface area contributed by atoms with E-state index in [1.54, 1.807) is 19.3 Å². The number of hydrazine groups is 1. The molecule has 0 unspecified atom stereocenters. The first-order chi connectivity index (χ1) is 16.0. The minimum Gasteiger partial charge on any atom is -0.489 e. The number of nitrogens with one attached hydrogen (secondary N) is 1. The van der Waals surface area contributed by atoms with Gasteiger partial charge in [-0.3, -0.25) is 0 Å². The maximum atomic E-state index is 6.47. The van der Waals surface area contributed by atoms with E-state index >= 15 is 0 Å². The quantitative estimate of drug-likeness (QED) is 0.367. The number of aryl methyl sites for hydroxylation is 1. The maximum Gasteiger partial charge on any atom is 0.226 e. The first-order valence-electron chi connectivity index (χ1n) is 11.8. The van der Waals surface area contributed by atoms with Gasteiger partial charge >= 0.3 is 0 Å². The van der Waals surface area contributed by atoms with Gasteiger partial charge in [0, 0.05) is 19.3 Å². The number of nitrogens with two attached hydrogens (primary N) is 2. The van der Waals surface area contributed by atoms with E-state index < -0.39 is 0 Å². The fourth-order valence-corrected chi connectivity index (χ4v) is 3.90.